The summed E-state index contributed by atoms with van der Waals surface area (Å²) in [7, 11) is 0. The van der Waals surface area contributed by atoms with E-state index in [4.69, 9.17) is 11.6 Å². The smallest absolute Gasteiger partial charge is 0.162 e. The van der Waals surface area contributed by atoms with Crippen LogP contribution in [0, 0.1) is 6.92 Å². The van der Waals surface area contributed by atoms with E-state index < -0.39 is 0 Å². The van der Waals surface area contributed by atoms with Gasteiger partial charge in [-0.25, -0.2) is 9.97 Å². The van der Waals surface area contributed by atoms with Crippen LogP contribution >= 0.6 is 22.9 Å². The van der Waals surface area contributed by atoms with Gasteiger partial charge in [0, 0.05) is 16.3 Å². The van der Waals surface area contributed by atoms with Crippen molar-refractivity contribution < 1.29 is 0 Å². The summed E-state index contributed by atoms with van der Waals surface area (Å²) in [5.41, 5.74) is 3.05. The number of nitrogens with zero attached hydrogens (tertiary/aromatic N) is 2. The second kappa shape index (κ2) is 4.09. The largest absolute Gasteiger partial charge is 0.228 e. The molecule has 0 N–H and O–H groups in total. The van der Waals surface area contributed by atoms with Crippen LogP contribution < -0.4 is 0 Å². The van der Waals surface area contributed by atoms with Gasteiger partial charge in [0.2, 0.25) is 0 Å². The van der Waals surface area contributed by atoms with E-state index in [1.54, 1.807) is 11.3 Å². The van der Waals surface area contributed by atoms with Crippen LogP contribution in [0.1, 0.15) is 5.56 Å². The fourth-order valence-electron chi connectivity index (χ4n) is 1.78. The Labute approximate surface area is 108 Å². The number of benzene rings is 1. The molecular formula is C13H9ClN2S. The van der Waals surface area contributed by atoms with Crippen molar-refractivity contribution in [3.63, 3.8) is 0 Å². The number of aromatic nitrogens is 2. The third-order valence-electron chi connectivity index (χ3n) is 2.66. The molecule has 2 heterocycles. The maximum absolute atomic E-state index is 6.20. The van der Waals surface area contributed by atoms with E-state index in [9.17, 15) is 0 Å². The Balaban J connectivity index is 2.34. The second-order valence-corrected chi connectivity index (χ2v) is 4.96. The van der Waals surface area contributed by atoms with Crippen molar-refractivity contribution >= 4 is 33.8 Å². The SMILES string of the molecule is Cc1cccc2c(Cl)nc(-c3ccsc3)nc12. The van der Waals surface area contributed by atoms with Crippen molar-refractivity contribution in [2.45, 2.75) is 6.92 Å². The van der Waals surface area contributed by atoms with Gasteiger partial charge in [0.05, 0.1) is 5.52 Å². The molecule has 0 saturated heterocycles. The van der Waals surface area contributed by atoms with Crippen LogP contribution in [0.15, 0.2) is 35.0 Å². The maximum atomic E-state index is 6.20. The predicted octanol–water partition coefficient (Wildman–Crippen LogP) is 4.32. The van der Waals surface area contributed by atoms with Gasteiger partial charge in [0.15, 0.2) is 5.82 Å². The van der Waals surface area contributed by atoms with Gasteiger partial charge in [-0.15, -0.1) is 0 Å². The Kier molecular flexibility index (Phi) is 2.57. The average molecular weight is 261 g/mol. The molecule has 0 aliphatic rings. The lowest BCUT2D eigenvalue weighted by molar-refractivity contribution is 1.22. The number of halogens is 1. The zero-order chi connectivity index (χ0) is 11.8. The Morgan fingerprint density at radius 1 is 1.18 bits per heavy atom. The van der Waals surface area contributed by atoms with Crippen molar-refractivity contribution in [2.75, 3.05) is 0 Å². The van der Waals surface area contributed by atoms with Crippen LogP contribution in [-0.2, 0) is 0 Å². The third-order valence-corrected chi connectivity index (χ3v) is 3.63. The first-order valence-electron chi connectivity index (χ1n) is 5.21. The van der Waals surface area contributed by atoms with Crippen LogP contribution in [-0.4, -0.2) is 9.97 Å². The molecule has 2 nitrogen and oxygen atoms in total. The van der Waals surface area contributed by atoms with E-state index in [1.165, 1.54) is 0 Å². The Morgan fingerprint density at radius 2 is 2.06 bits per heavy atom. The normalized spacial score (nSPS) is 10.9. The molecule has 0 spiro atoms. The van der Waals surface area contributed by atoms with Crippen molar-refractivity contribution in [2.24, 2.45) is 0 Å². The maximum Gasteiger partial charge on any atom is 0.162 e. The van der Waals surface area contributed by atoms with Crippen LogP contribution in [0.4, 0.5) is 0 Å². The summed E-state index contributed by atoms with van der Waals surface area (Å²) in [6.07, 6.45) is 0. The lowest BCUT2D eigenvalue weighted by Gasteiger charge is -2.05. The molecule has 1 aromatic carbocycles. The quantitative estimate of drug-likeness (QED) is 0.609. The fraction of sp³-hybridized carbons (Fsp3) is 0.0769. The van der Waals surface area contributed by atoms with E-state index in [2.05, 4.69) is 9.97 Å². The van der Waals surface area contributed by atoms with Crippen LogP contribution in [0.25, 0.3) is 22.3 Å². The van der Waals surface area contributed by atoms with E-state index in [0.717, 1.165) is 22.0 Å². The van der Waals surface area contributed by atoms with Crippen molar-refractivity contribution in [3.05, 3.63) is 45.7 Å². The molecule has 0 radical (unpaired) electrons. The molecule has 2 aromatic heterocycles. The van der Waals surface area contributed by atoms with Crippen LogP contribution in [0.2, 0.25) is 5.15 Å². The molecule has 17 heavy (non-hydrogen) atoms. The Morgan fingerprint density at radius 3 is 2.82 bits per heavy atom. The first-order chi connectivity index (χ1) is 8.25. The molecule has 0 bridgehead atoms. The fourth-order valence-corrected chi connectivity index (χ4v) is 2.65. The number of thiophene rings is 1. The number of hydrogen-bond acceptors (Lipinski definition) is 3. The zero-order valence-electron chi connectivity index (χ0n) is 9.14. The molecule has 0 atom stereocenters. The molecule has 0 aliphatic carbocycles. The summed E-state index contributed by atoms with van der Waals surface area (Å²) >= 11 is 7.83. The number of aryl methyl sites for hydroxylation is 1. The highest BCUT2D eigenvalue weighted by Gasteiger charge is 2.09. The highest BCUT2D eigenvalue weighted by molar-refractivity contribution is 7.08. The molecule has 0 fully saturated rings. The van der Waals surface area contributed by atoms with Gasteiger partial charge in [-0.3, -0.25) is 0 Å². The van der Waals surface area contributed by atoms with Gasteiger partial charge in [0.1, 0.15) is 5.15 Å². The van der Waals surface area contributed by atoms with Crippen molar-refractivity contribution in [1.82, 2.24) is 9.97 Å². The summed E-state index contributed by atoms with van der Waals surface area (Å²) in [5, 5.41) is 5.45. The minimum Gasteiger partial charge on any atom is -0.228 e. The summed E-state index contributed by atoms with van der Waals surface area (Å²) in [4.78, 5) is 8.94. The first-order valence-corrected chi connectivity index (χ1v) is 6.53. The number of hydrogen-bond donors (Lipinski definition) is 0. The standard InChI is InChI=1S/C13H9ClN2S/c1-8-3-2-4-10-11(8)15-13(16-12(10)14)9-5-6-17-7-9/h2-7H,1H3. The highest BCUT2D eigenvalue weighted by Crippen LogP contribution is 2.27. The van der Waals surface area contributed by atoms with Gasteiger partial charge < -0.3 is 0 Å². The van der Waals surface area contributed by atoms with Gasteiger partial charge in [-0.2, -0.15) is 11.3 Å². The Hall–Kier alpha value is -1.45. The number of rotatable bonds is 1. The second-order valence-electron chi connectivity index (χ2n) is 3.82. The molecular weight excluding hydrogens is 252 g/mol. The van der Waals surface area contributed by atoms with Crippen LogP contribution in [0.3, 0.4) is 0 Å². The topological polar surface area (TPSA) is 25.8 Å². The molecule has 3 aromatic rings. The minimum atomic E-state index is 0.514. The first kappa shape index (κ1) is 10.7. The molecule has 0 aliphatic heterocycles. The van der Waals surface area contributed by atoms with Gasteiger partial charge in [-0.05, 0) is 30.0 Å². The average Bonchev–Trinajstić information content (AvgIpc) is 2.84. The number of fused-ring (bicyclic) bond motifs is 1. The molecule has 4 heteroatoms. The van der Waals surface area contributed by atoms with E-state index >= 15 is 0 Å². The summed E-state index contributed by atoms with van der Waals surface area (Å²) in [6, 6.07) is 7.95. The van der Waals surface area contributed by atoms with Gasteiger partial charge in [-0.1, -0.05) is 23.7 Å². The van der Waals surface area contributed by atoms with Crippen LogP contribution in [0.5, 0.6) is 0 Å². The lowest BCUT2D eigenvalue weighted by Crippen LogP contribution is -1.92. The zero-order valence-corrected chi connectivity index (χ0v) is 10.7. The van der Waals surface area contributed by atoms with Crippen molar-refractivity contribution in [1.29, 1.82) is 0 Å². The Bertz CT molecular complexity index is 677. The molecule has 3 rings (SSSR count). The monoisotopic (exact) mass is 260 g/mol. The highest BCUT2D eigenvalue weighted by atomic mass is 35.5. The third kappa shape index (κ3) is 1.81. The van der Waals surface area contributed by atoms with Gasteiger partial charge >= 0.3 is 0 Å². The number of para-hydroxylation sites is 1. The van der Waals surface area contributed by atoms with E-state index in [1.807, 2.05) is 41.9 Å². The van der Waals surface area contributed by atoms with Gasteiger partial charge in [0.25, 0.3) is 0 Å². The summed E-state index contributed by atoms with van der Waals surface area (Å²) in [6.45, 7) is 2.03. The van der Waals surface area contributed by atoms with E-state index in [0.29, 0.717) is 11.0 Å². The molecule has 0 amide bonds. The molecule has 0 unspecified atom stereocenters. The summed E-state index contributed by atoms with van der Waals surface area (Å²) in [5.74, 6) is 0.693. The van der Waals surface area contributed by atoms with E-state index in [-0.39, 0.29) is 0 Å². The molecule has 0 saturated carbocycles. The van der Waals surface area contributed by atoms with Crippen molar-refractivity contribution in [3.8, 4) is 11.4 Å². The predicted molar refractivity (Wildman–Crippen MR) is 72.6 cm³/mol. The summed E-state index contributed by atoms with van der Waals surface area (Å²) < 4.78 is 0. The lowest BCUT2D eigenvalue weighted by atomic mass is 10.1. The molecule has 84 valence electrons. The minimum absolute atomic E-state index is 0.514.